The van der Waals surface area contributed by atoms with Gasteiger partial charge in [0.05, 0.1) is 34.0 Å². The summed E-state index contributed by atoms with van der Waals surface area (Å²) in [5.74, 6) is -0.398. The number of nitrogens with zero attached hydrogens (tertiary/aromatic N) is 1. The van der Waals surface area contributed by atoms with Crippen LogP contribution in [0.25, 0.3) is 0 Å². The van der Waals surface area contributed by atoms with Gasteiger partial charge < -0.3 is 27.9 Å². The summed E-state index contributed by atoms with van der Waals surface area (Å²) in [4.78, 5) is 25.0. The van der Waals surface area contributed by atoms with Crippen LogP contribution >= 0.6 is 7.82 Å². The van der Waals surface area contributed by atoms with Crippen molar-refractivity contribution in [1.29, 1.82) is 0 Å². The number of ether oxygens (including phenoxy) is 2. The molecule has 0 aromatic carbocycles. The van der Waals surface area contributed by atoms with Crippen LogP contribution < -0.4 is 4.89 Å². The van der Waals surface area contributed by atoms with Crippen LogP contribution in [0.3, 0.4) is 0 Å². The molecule has 0 heterocycles. The van der Waals surface area contributed by atoms with Gasteiger partial charge in [-0.25, -0.2) is 0 Å². The number of allylic oxidation sites excluding steroid dienone is 9. The maximum absolute atomic E-state index is 12.6. The van der Waals surface area contributed by atoms with Crippen LogP contribution in [-0.4, -0.2) is 64.1 Å². The van der Waals surface area contributed by atoms with E-state index in [1.54, 1.807) is 6.26 Å². The predicted octanol–water partition coefficient (Wildman–Crippen LogP) is 11.9. The molecule has 0 aromatic rings. The number of carbonyl (C=O) groups excluding carboxylic acids is 1. The summed E-state index contributed by atoms with van der Waals surface area (Å²) in [5, 5.41) is 0. The van der Waals surface area contributed by atoms with Crippen LogP contribution in [0.2, 0.25) is 0 Å². The summed E-state index contributed by atoms with van der Waals surface area (Å²) >= 11 is 0. The Morgan fingerprint density at radius 1 is 0.623 bits per heavy atom. The fourth-order valence-corrected chi connectivity index (χ4v) is 6.11. The highest BCUT2D eigenvalue weighted by molar-refractivity contribution is 7.45. The van der Waals surface area contributed by atoms with Crippen molar-refractivity contribution in [3.63, 3.8) is 0 Å². The van der Waals surface area contributed by atoms with E-state index in [1.165, 1.54) is 83.5 Å². The minimum Gasteiger partial charge on any atom is -0.756 e. The van der Waals surface area contributed by atoms with E-state index in [4.69, 9.17) is 18.5 Å². The molecule has 0 aromatic heterocycles. The lowest BCUT2D eigenvalue weighted by molar-refractivity contribution is -0.870. The first-order valence-electron chi connectivity index (χ1n) is 21.1. The Morgan fingerprint density at radius 2 is 1.11 bits per heavy atom. The average Bonchev–Trinajstić information content (AvgIpc) is 3.11. The van der Waals surface area contributed by atoms with Crippen LogP contribution in [0.15, 0.2) is 60.9 Å². The highest BCUT2D eigenvalue weighted by Gasteiger charge is 2.20. The molecule has 0 saturated heterocycles. The molecular weight excluding hydrogens is 685 g/mol. The zero-order valence-electron chi connectivity index (χ0n) is 34.7. The van der Waals surface area contributed by atoms with Gasteiger partial charge in [-0.15, -0.1) is 0 Å². The first-order chi connectivity index (χ1) is 25.6. The van der Waals surface area contributed by atoms with Gasteiger partial charge >= 0.3 is 5.97 Å². The molecule has 308 valence electrons. The van der Waals surface area contributed by atoms with E-state index >= 15 is 0 Å². The number of carbonyl (C=O) groups is 1. The Morgan fingerprint density at radius 3 is 1.66 bits per heavy atom. The Labute approximate surface area is 326 Å². The lowest BCUT2D eigenvalue weighted by Crippen LogP contribution is -2.37. The standard InChI is InChI=1S/C44H80NO7P/c1-6-8-10-12-14-16-18-20-22-24-26-28-30-32-34-36-39-49-41-43(42-51-53(47,48)50-40-38-45(3,4)5)52-44(46)37-35-33-31-29-27-25-23-21-19-17-15-13-11-9-7-2/h9,11,15,17,21,23,27,29,36,39,43H,6-8,10,12-14,16,18-20,22,24-26,28,30-35,37-38,40-42H2,1-5H3/b11-9+,17-15+,23-21+,29-27+,39-36+/t43-/m1/s1. The summed E-state index contributed by atoms with van der Waals surface area (Å²) < 4.78 is 34.2. The van der Waals surface area contributed by atoms with Crippen molar-refractivity contribution in [2.24, 2.45) is 0 Å². The van der Waals surface area contributed by atoms with Crippen molar-refractivity contribution < 1.29 is 37.3 Å². The number of rotatable bonds is 38. The zero-order chi connectivity index (χ0) is 39.1. The molecule has 0 rings (SSSR count). The third-order valence-electron chi connectivity index (χ3n) is 8.65. The number of hydrogen-bond acceptors (Lipinski definition) is 7. The highest BCUT2D eigenvalue weighted by Crippen LogP contribution is 2.38. The summed E-state index contributed by atoms with van der Waals surface area (Å²) in [5.41, 5.74) is 0. The lowest BCUT2D eigenvalue weighted by Gasteiger charge is -2.28. The molecule has 0 fully saturated rings. The zero-order valence-corrected chi connectivity index (χ0v) is 35.6. The molecule has 0 bridgehead atoms. The van der Waals surface area contributed by atoms with Crippen molar-refractivity contribution in [2.75, 3.05) is 47.5 Å². The fraction of sp³-hybridized carbons (Fsp3) is 0.750. The molecule has 0 radical (unpaired) electrons. The maximum atomic E-state index is 12.6. The average molecular weight is 766 g/mol. The smallest absolute Gasteiger partial charge is 0.306 e. The first kappa shape index (κ1) is 51.0. The fourth-order valence-electron chi connectivity index (χ4n) is 5.38. The maximum Gasteiger partial charge on any atom is 0.306 e. The van der Waals surface area contributed by atoms with E-state index in [-0.39, 0.29) is 26.2 Å². The van der Waals surface area contributed by atoms with Gasteiger partial charge in [-0.1, -0.05) is 146 Å². The van der Waals surface area contributed by atoms with Crippen molar-refractivity contribution in [2.45, 2.75) is 168 Å². The predicted molar refractivity (Wildman–Crippen MR) is 221 cm³/mol. The second kappa shape index (κ2) is 37.0. The van der Waals surface area contributed by atoms with Gasteiger partial charge in [-0.05, 0) is 63.9 Å². The monoisotopic (exact) mass is 766 g/mol. The molecule has 0 aliphatic heterocycles. The highest BCUT2D eigenvalue weighted by atomic mass is 31.2. The molecule has 0 N–H and O–H groups in total. The van der Waals surface area contributed by atoms with Gasteiger partial charge in [0.2, 0.25) is 0 Å². The van der Waals surface area contributed by atoms with Crippen LogP contribution in [-0.2, 0) is 27.9 Å². The van der Waals surface area contributed by atoms with E-state index in [9.17, 15) is 14.3 Å². The van der Waals surface area contributed by atoms with Gasteiger partial charge in [-0.2, -0.15) is 0 Å². The summed E-state index contributed by atoms with van der Waals surface area (Å²) in [7, 11) is 1.29. The van der Waals surface area contributed by atoms with E-state index < -0.39 is 19.9 Å². The summed E-state index contributed by atoms with van der Waals surface area (Å²) in [6, 6.07) is 0. The van der Waals surface area contributed by atoms with Gasteiger partial charge in [-0.3, -0.25) is 9.36 Å². The lowest BCUT2D eigenvalue weighted by atomic mass is 10.0. The number of likely N-dealkylation sites (N-methyl/N-ethyl adjacent to an activating group) is 1. The summed E-state index contributed by atoms with van der Waals surface area (Å²) in [6.07, 6.45) is 46.2. The van der Waals surface area contributed by atoms with Crippen molar-refractivity contribution in [3.8, 4) is 0 Å². The topological polar surface area (TPSA) is 94.1 Å². The Bertz CT molecular complexity index is 1030. The van der Waals surface area contributed by atoms with Crippen LogP contribution in [0.5, 0.6) is 0 Å². The van der Waals surface area contributed by atoms with Crippen LogP contribution in [0.1, 0.15) is 162 Å². The normalized spacial score (nSPS) is 14.4. The van der Waals surface area contributed by atoms with E-state index in [1.807, 2.05) is 27.2 Å². The Hall–Kier alpha value is -1.96. The van der Waals surface area contributed by atoms with Crippen molar-refractivity contribution >= 4 is 13.8 Å². The molecule has 53 heavy (non-hydrogen) atoms. The van der Waals surface area contributed by atoms with Gasteiger partial charge in [0.1, 0.15) is 19.8 Å². The van der Waals surface area contributed by atoms with E-state index in [0.29, 0.717) is 17.4 Å². The first-order valence-corrected chi connectivity index (χ1v) is 22.5. The van der Waals surface area contributed by atoms with Gasteiger partial charge in [0.15, 0.2) is 6.10 Å². The SMILES string of the molecule is CC/C=C/C/C=C/C/C=C/C/C=C/CCCCC(=O)O[C@H](CO/C=C/CCCCCCCCCCCCCCCC)COP(=O)([O-])OCC[N+](C)(C)C. The van der Waals surface area contributed by atoms with Crippen LogP contribution in [0.4, 0.5) is 0 Å². The number of phosphoric acid groups is 1. The molecule has 0 aliphatic carbocycles. The molecule has 0 amide bonds. The minimum absolute atomic E-state index is 0.00180. The van der Waals surface area contributed by atoms with Gasteiger partial charge in [0, 0.05) is 6.42 Å². The molecule has 0 saturated carbocycles. The van der Waals surface area contributed by atoms with Crippen molar-refractivity contribution in [1.82, 2.24) is 0 Å². The molecule has 1 unspecified atom stereocenters. The van der Waals surface area contributed by atoms with Crippen LogP contribution in [0, 0.1) is 0 Å². The molecule has 0 aliphatic rings. The number of hydrogen-bond donors (Lipinski definition) is 0. The van der Waals surface area contributed by atoms with E-state index in [2.05, 4.69) is 62.5 Å². The number of esters is 1. The van der Waals surface area contributed by atoms with E-state index in [0.717, 1.165) is 51.4 Å². The molecule has 8 nitrogen and oxygen atoms in total. The second-order valence-corrected chi connectivity index (χ2v) is 16.4. The van der Waals surface area contributed by atoms with Gasteiger partial charge in [0.25, 0.3) is 7.82 Å². The largest absolute Gasteiger partial charge is 0.756 e. The molecular formula is C44H80NO7P. The number of phosphoric ester groups is 1. The number of quaternary nitrogens is 1. The number of unbranched alkanes of at least 4 members (excludes halogenated alkanes) is 16. The second-order valence-electron chi connectivity index (χ2n) is 15.0. The quantitative estimate of drug-likeness (QED) is 0.0154. The molecule has 2 atom stereocenters. The Kier molecular flexibility index (Phi) is 35.6. The van der Waals surface area contributed by atoms with Crippen molar-refractivity contribution in [3.05, 3.63) is 60.9 Å². The third kappa shape index (κ3) is 41.1. The minimum atomic E-state index is -4.55. The third-order valence-corrected chi connectivity index (χ3v) is 9.61. The molecule has 0 spiro atoms. The Balaban J connectivity index is 4.39. The summed E-state index contributed by atoms with van der Waals surface area (Å²) in [6.45, 7) is 4.56. The molecule has 9 heteroatoms.